The van der Waals surface area contributed by atoms with E-state index < -0.39 is 0 Å². The van der Waals surface area contributed by atoms with Gasteiger partial charge in [0.15, 0.2) is 0 Å². The van der Waals surface area contributed by atoms with Crippen LogP contribution in [0.15, 0.2) is 0 Å². The predicted molar refractivity (Wildman–Crippen MR) is 41.2 cm³/mol. The molecule has 0 heterocycles. The number of hydrogen-bond acceptors (Lipinski definition) is 0. The van der Waals surface area contributed by atoms with Crippen LogP contribution in [0.1, 0.15) is 25.7 Å². The van der Waals surface area contributed by atoms with Crippen molar-refractivity contribution >= 4 is 9.52 Å². The highest BCUT2D eigenvalue weighted by atomic mass is 28.2. The maximum absolute atomic E-state index is 2.43. The standard InChI is InChI=1S/C7H16Si/c1-8-6-7-4-2-3-5-7/h7H,2-6,8H2,1H3. The highest BCUT2D eigenvalue weighted by Gasteiger charge is 2.12. The van der Waals surface area contributed by atoms with Crippen LogP contribution in [0, 0.1) is 5.92 Å². The van der Waals surface area contributed by atoms with E-state index in [2.05, 4.69) is 6.55 Å². The minimum absolute atomic E-state index is 0.385. The summed E-state index contributed by atoms with van der Waals surface area (Å²) in [4.78, 5) is 0. The highest BCUT2D eigenvalue weighted by molar-refractivity contribution is 6.33. The second-order valence-electron chi connectivity index (χ2n) is 2.94. The minimum Gasteiger partial charge on any atom is -0.0748 e. The first-order valence-corrected chi connectivity index (χ1v) is 6.35. The lowest BCUT2D eigenvalue weighted by molar-refractivity contribution is 0.609. The number of rotatable bonds is 2. The molecule has 0 spiro atoms. The van der Waals surface area contributed by atoms with Gasteiger partial charge in [0.05, 0.1) is 0 Å². The van der Waals surface area contributed by atoms with Gasteiger partial charge in [-0.2, -0.15) is 0 Å². The van der Waals surface area contributed by atoms with Crippen LogP contribution in [0.25, 0.3) is 0 Å². The molecule has 1 heteroatoms. The van der Waals surface area contributed by atoms with Crippen molar-refractivity contribution in [1.82, 2.24) is 0 Å². The SMILES string of the molecule is C[SiH2]CC1CCCC1. The third kappa shape index (κ3) is 1.62. The summed E-state index contributed by atoms with van der Waals surface area (Å²) < 4.78 is 0. The molecule has 1 saturated carbocycles. The zero-order chi connectivity index (χ0) is 5.82. The first-order valence-electron chi connectivity index (χ1n) is 3.93. The van der Waals surface area contributed by atoms with E-state index in [-0.39, 0.29) is 0 Å². The van der Waals surface area contributed by atoms with Crippen molar-refractivity contribution < 1.29 is 0 Å². The molecule has 1 rings (SSSR count). The Morgan fingerprint density at radius 3 is 2.50 bits per heavy atom. The fraction of sp³-hybridized carbons (Fsp3) is 1.00. The molecule has 8 heavy (non-hydrogen) atoms. The van der Waals surface area contributed by atoms with Gasteiger partial charge in [0.1, 0.15) is 0 Å². The fourth-order valence-electron chi connectivity index (χ4n) is 1.71. The summed E-state index contributed by atoms with van der Waals surface area (Å²) in [5.41, 5.74) is 0. The Hall–Kier alpha value is 0.217. The van der Waals surface area contributed by atoms with Crippen LogP contribution in [-0.4, -0.2) is 9.52 Å². The highest BCUT2D eigenvalue weighted by Crippen LogP contribution is 2.27. The van der Waals surface area contributed by atoms with Crippen molar-refractivity contribution in [2.75, 3.05) is 0 Å². The van der Waals surface area contributed by atoms with E-state index in [4.69, 9.17) is 0 Å². The Labute approximate surface area is 54.5 Å². The second kappa shape index (κ2) is 3.28. The molecule has 0 unspecified atom stereocenters. The molecule has 0 amide bonds. The zero-order valence-corrected chi connectivity index (χ0v) is 7.23. The third-order valence-corrected chi connectivity index (χ3v) is 3.57. The lowest BCUT2D eigenvalue weighted by Crippen LogP contribution is -1.94. The van der Waals surface area contributed by atoms with Crippen LogP contribution in [0.4, 0.5) is 0 Å². The van der Waals surface area contributed by atoms with Crippen LogP contribution in [0.2, 0.25) is 12.6 Å². The van der Waals surface area contributed by atoms with E-state index >= 15 is 0 Å². The zero-order valence-electron chi connectivity index (χ0n) is 5.82. The average molecular weight is 128 g/mol. The van der Waals surface area contributed by atoms with Crippen LogP contribution in [0.5, 0.6) is 0 Å². The van der Waals surface area contributed by atoms with E-state index in [9.17, 15) is 0 Å². The van der Waals surface area contributed by atoms with Crippen molar-refractivity contribution in [1.29, 1.82) is 0 Å². The van der Waals surface area contributed by atoms with E-state index in [1.54, 1.807) is 18.9 Å². The normalized spacial score (nSPS) is 23.6. The molecule has 0 aliphatic heterocycles. The Bertz CT molecular complexity index is 55.4. The van der Waals surface area contributed by atoms with Gasteiger partial charge in [-0.05, 0) is 5.92 Å². The lowest BCUT2D eigenvalue weighted by atomic mass is 10.1. The van der Waals surface area contributed by atoms with E-state index in [1.807, 2.05) is 0 Å². The summed E-state index contributed by atoms with van der Waals surface area (Å²) in [6.07, 6.45) is 6.17. The Morgan fingerprint density at radius 2 is 2.00 bits per heavy atom. The van der Waals surface area contributed by atoms with Gasteiger partial charge in [-0.25, -0.2) is 0 Å². The van der Waals surface area contributed by atoms with Crippen molar-refractivity contribution in [3.8, 4) is 0 Å². The Morgan fingerprint density at radius 1 is 1.38 bits per heavy atom. The summed E-state index contributed by atoms with van der Waals surface area (Å²) >= 11 is 0. The largest absolute Gasteiger partial charge is 0.0748 e. The molecule has 0 N–H and O–H groups in total. The topological polar surface area (TPSA) is 0 Å². The molecule has 0 aromatic rings. The quantitative estimate of drug-likeness (QED) is 0.498. The summed E-state index contributed by atoms with van der Waals surface area (Å²) in [6, 6.07) is 1.62. The lowest BCUT2D eigenvalue weighted by Gasteiger charge is -2.03. The Kier molecular flexibility index (Phi) is 2.60. The molecule has 1 fully saturated rings. The van der Waals surface area contributed by atoms with Crippen molar-refractivity contribution in [2.45, 2.75) is 38.3 Å². The molecular formula is C7H16Si. The van der Waals surface area contributed by atoms with E-state index in [1.165, 1.54) is 18.8 Å². The monoisotopic (exact) mass is 128 g/mol. The molecule has 1 aliphatic rings. The average Bonchev–Trinajstić information content (AvgIpc) is 2.19. The molecule has 0 nitrogen and oxygen atoms in total. The van der Waals surface area contributed by atoms with Gasteiger partial charge < -0.3 is 0 Å². The van der Waals surface area contributed by atoms with E-state index in [0.29, 0.717) is 9.52 Å². The predicted octanol–water partition coefficient (Wildman–Crippen LogP) is 1.81. The van der Waals surface area contributed by atoms with Crippen LogP contribution < -0.4 is 0 Å². The molecule has 1 aliphatic carbocycles. The molecule has 0 aromatic heterocycles. The molecule has 0 radical (unpaired) electrons. The molecule has 48 valence electrons. The maximum atomic E-state index is 2.43. The van der Waals surface area contributed by atoms with Crippen LogP contribution in [0.3, 0.4) is 0 Å². The van der Waals surface area contributed by atoms with Gasteiger partial charge >= 0.3 is 0 Å². The van der Waals surface area contributed by atoms with Gasteiger partial charge in [0.2, 0.25) is 0 Å². The second-order valence-corrected chi connectivity index (χ2v) is 4.52. The smallest absolute Gasteiger partial charge is 0.0169 e. The summed E-state index contributed by atoms with van der Waals surface area (Å²) in [7, 11) is 0.385. The molecule has 0 saturated heterocycles. The van der Waals surface area contributed by atoms with Gasteiger partial charge in [-0.15, -0.1) is 0 Å². The van der Waals surface area contributed by atoms with Gasteiger partial charge in [0.25, 0.3) is 0 Å². The molecule has 0 atom stereocenters. The van der Waals surface area contributed by atoms with Crippen LogP contribution in [-0.2, 0) is 0 Å². The summed E-state index contributed by atoms with van der Waals surface area (Å²) in [5.74, 6) is 1.17. The fourth-order valence-corrected chi connectivity index (χ4v) is 3.10. The first-order chi connectivity index (χ1) is 3.93. The van der Waals surface area contributed by atoms with Crippen molar-refractivity contribution in [2.24, 2.45) is 5.92 Å². The first kappa shape index (κ1) is 6.34. The van der Waals surface area contributed by atoms with Crippen molar-refractivity contribution in [3.63, 3.8) is 0 Å². The minimum atomic E-state index is 0.385. The van der Waals surface area contributed by atoms with Crippen LogP contribution >= 0.6 is 0 Å². The van der Waals surface area contributed by atoms with Crippen molar-refractivity contribution in [3.05, 3.63) is 0 Å². The summed E-state index contributed by atoms with van der Waals surface area (Å²) in [6.45, 7) is 2.43. The molecule has 0 bridgehead atoms. The molecular weight excluding hydrogens is 112 g/mol. The van der Waals surface area contributed by atoms with E-state index in [0.717, 1.165) is 0 Å². The third-order valence-electron chi connectivity index (χ3n) is 2.17. The Balaban J connectivity index is 2.06. The maximum Gasteiger partial charge on any atom is 0.0169 e. The van der Waals surface area contributed by atoms with Gasteiger partial charge in [-0.3, -0.25) is 0 Å². The van der Waals surface area contributed by atoms with Gasteiger partial charge in [0, 0.05) is 9.52 Å². The number of hydrogen-bond donors (Lipinski definition) is 0. The van der Waals surface area contributed by atoms with Gasteiger partial charge in [-0.1, -0.05) is 38.3 Å². The summed E-state index contributed by atoms with van der Waals surface area (Å²) in [5, 5.41) is 0. The molecule has 0 aromatic carbocycles.